The fourth-order valence-electron chi connectivity index (χ4n) is 6.83. The number of rotatable bonds is 6. The van der Waals surface area contributed by atoms with E-state index < -0.39 is 0 Å². The van der Waals surface area contributed by atoms with Crippen molar-refractivity contribution in [1.29, 1.82) is 0 Å². The molecule has 1 heterocycles. The Kier molecular flexibility index (Phi) is 7.17. The number of piperazine rings is 1. The second-order valence-electron chi connectivity index (χ2n) is 10.7. The summed E-state index contributed by atoms with van der Waals surface area (Å²) in [5, 5.41) is 22.5. The van der Waals surface area contributed by atoms with Crippen molar-refractivity contribution in [1.82, 2.24) is 9.80 Å². The Labute approximate surface area is 225 Å². The van der Waals surface area contributed by atoms with Crippen LogP contribution in [-0.2, 0) is 13.1 Å². The highest BCUT2D eigenvalue weighted by atomic mass is 16.3. The van der Waals surface area contributed by atoms with E-state index in [2.05, 4.69) is 82.6 Å². The number of para-hydroxylation sites is 2. The van der Waals surface area contributed by atoms with Crippen molar-refractivity contribution in [3.63, 3.8) is 0 Å². The third-order valence-corrected chi connectivity index (χ3v) is 8.49. The second kappa shape index (κ2) is 11.0. The van der Waals surface area contributed by atoms with Gasteiger partial charge in [0.15, 0.2) is 0 Å². The van der Waals surface area contributed by atoms with E-state index in [9.17, 15) is 10.2 Å². The molecule has 1 aliphatic carbocycles. The molecule has 2 fully saturated rings. The highest BCUT2D eigenvalue weighted by Crippen LogP contribution is 2.52. The Morgan fingerprint density at radius 3 is 1.26 bits per heavy atom. The molecule has 0 spiro atoms. The van der Waals surface area contributed by atoms with Crippen molar-refractivity contribution in [3.8, 4) is 11.5 Å². The van der Waals surface area contributed by atoms with Gasteiger partial charge in [0.2, 0.25) is 0 Å². The molecule has 38 heavy (non-hydrogen) atoms. The maximum atomic E-state index is 11.2. The van der Waals surface area contributed by atoms with Gasteiger partial charge in [0.25, 0.3) is 0 Å². The molecule has 2 N–H and O–H groups in total. The van der Waals surface area contributed by atoms with Gasteiger partial charge in [0, 0.05) is 36.3 Å². The summed E-state index contributed by atoms with van der Waals surface area (Å²) in [6.45, 7) is 1.59. The molecule has 0 unspecified atom stereocenters. The van der Waals surface area contributed by atoms with Gasteiger partial charge in [0.05, 0.1) is 12.1 Å². The van der Waals surface area contributed by atoms with Crippen molar-refractivity contribution >= 4 is 0 Å². The fraction of sp³-hybridized carbons (Fsp3) is 0.294. The van der Waals surface area contributed by atoms with Crippen LogP contribution in [0.1, 0.15) is 60.0 Å². The highest BCUT2D eigenvalue weighted by molar-refractivity contribution is 5.43. The van der Waals surface area contributed by atoms with E-state index in [0.29, 0.717) is 23.6 Å². The standard InChI is InChI=1S/C34H36N2O2/c37-31-21-11-7-17-27(31)33-34(28-18-8-12-22-32(28)38)36(24-26-15-5-2-6-16-26)30-20-10-9-19-29(30)35(33)23-25-13-3-1-4-14-25/h1-8,11-18,21-22,29-30,33-34,37-38H,9-10,19-20,23-24H2/t29-,30-,33+,34+/m1/s1. The average Bonchev–Trinajstić information content (AvgIpc) is 2.96. The molecule has 1 saturated heterocycles. The lowest BCUT2D eigenvalue weighted by Gasteiger charge is -2.58. The Hall–Kier alpha value is -3.60. The van der Waals surface area contributed by atoms with Gasteiger partial charge in [-0.1, -0.05) is 110 Å². The van der Waals surface area contributed by atoms with Gasteiger partial charge in [-0.05, 0) is 36.1 Å². The van der Waals surface area contributed by atoms with Gasteiger partial charge in [-0.25, -0.2) is 0 Å². The van der Waals surface area contributed by atoms with E-state index in [1.165, 1.54) is 24.0 Å². The van der Waals surface area contributed by atoms with Gasteiger partial charge < -0.3 is 10.2 Å². The van der Waals surface area contributed by atoms with Crippen molar-refractivity contribution in [2.24, 2.45) is 0 Å². The third-order valence-electron chi connectivity index (χ3n) is 8.49. The molecule has 2 aliphatic rings. The van der Waals surface area contributed by atoms with Crippen molar-refractivity contribution in [3.05, 3.63) is 131 Å². The van der Waals surface area contributed by atoms with E-state index in [-0.39, 0.29) is 12.1 Å². The largest absolute Gasteiger partial charge is 0.508 e. The summed E-state index contributed by atoms with van der Waals surface area (Å²) < 4.78 is 0. The van der Waals surface area contributed by atoms with Crippen LogP contribution in [0.5, 0.6) is 11.5 Å². The molecule has 4 atom stereocenters. The average molecular weight is 505 g/mol. The summed E-state index contributed by atoms with van der Waals surface area (Å²) in [6.07, 6.45) is 4.67. The molecule has 0 bridgehead atoms. The number of hydrogen-bond donors (Lipinski definition) is 2. The van der Waals surface area contributed by atoms with E-state index in [1.807, 2.05) is 24.3 Å². The SMILES string of the molecule is Oc1ccccc1[C@H]1[C@H](c2ccccc2O)N(Cc2ccccc2)[C@@H]2CCCC[C@H]2N1Cc1ccccc1. The number of phenolic OH excluding ortho intramolecular Hbond substituents is 2. The summed E-state index contributed by atoms with van der Waals surface area (Å²) in [5.74, 6) is 0.620. The minimum Gasteiger partial charge on any atom is -0.508 e. The summed E-state index contributed by atoms with van der Waals surface area (Å²) >= 11 is 0. The van der Waals surface area contributed by atoms with Crippen LogP contribution in [0.15, 0.2) is 109 Å². The molecule has 1 saturated carbocycles. The molecule has 0 aromatic heterocycles. The molecule has 4 aromatic carbocycles. The quantitative estimate of drug-likeness (QED) is 0.291. The van der Waals surface area contributed by atoms with Gasteiger partial charge in [-0.2, -0.15) is 0 Å². The summed E-state index contributed by atoms with van der Waals surface area (Å²) in [5.41, 5.74) is 4.37. The Balaban J connectivity index is 1.55. The number of benzene rings is 4. The molecule has 6 rings (SSSR count). The van der Waals surface area contributed by atoms with Crippen LogP contribution in [0.3, 0.4) is 0 Å². The lowest BCUT2D eigenvalue weighted by Crippen LogP contribution is -2.62. The summed E-state index contributed by atoms with van der Waals surface area (Å²) in [7, 11) is 0. The van der Waals surface area contributed by atoms with Crippen molar-refractivity contribution in [2.45, 2.75) is 62.9 Å². The molecule has 4 aromatic rings. The van der Waals surface area contributed by atoms with Crippen molar-refractivity contribution in [2.75, 3.05) is 0 Å². The monoisotopic (exact) mass is 504 g/mol. The lowest BCUT2D eigenvalue weighted by molar-refractivity contribution is -0.0938. The molecule has 1 aliphatic heterocycles. The first-order valence-corrected chi connectivity index (χ1v) is 13.9. The lowest BCUT2D eigenvalue weighted by atomic mass is 9.77. The fourth-order valence-corrected chi connectivity index (χ4v) is 6.83. The van der Waals surface area contributed by atoms with Crippen LogP contribution >= 0.6 is 0 Å². The normalized spacial score (nSPS) is 24.1. The highest BCUT2D eigenvalue weighted by Gasteiger charge is 2.50. The molecule has 0 amide bonds. The first-order valence-electron chi connectivity index (χ1n) is 13.9. The van der Waals surface area contributed by atoms with E-state index in [1.54, 1.807) is 12.1 Å². The number of hydrogen-bond acceptors (Lipinski definition) is 4. The maximum Gasteiger partial charge on any atom is 0.120 e. The van der Waals surface area contributed by atoms with Gasteiger partial charge in [-0.15, -0.1) is 0 Å². The Bertz CT molecular complexity index is 1240. The van der Waals surface area contributed by atoms with E-state index >= 15 is 0 Å². The predicted octanol–water partition coefficient (Wildman–Crippen LogP) is 7.21. The number of phenols is 2. The van der Waals surface area contributed by atoms with Crippen LogP contribution in [0.4, 0.5) is 0 Å². The zero-order valence-corrected chi connectivity index (χ0v) is 21.7. The van der Waals surface area contributed by atoms with Gasteiger partial charge in [0.1, 0.15) is 11.5 Å². The second-order valence-corrected chi connectivity index (χ2v) is 10.7. The minimum absolute atomic E-state index is 0.132. The number of fused-ring (bicyclic) bond motifs is 1. The van der Waals surface area contributed by atoms with E-state index in [4.69, 9.17) is 0 Å². The van der Waals surface area contributed by atoms with Gasteiger partial charge in [-0.3, -0.25) is 9.80 Å². The third kappa shape index (κ3) is 4.82. The number of nitrogens with zero attached hydrogens (tertiary/aromatic N) is 2. The summed E-state index contributed by atoms with van der Waals surface area (Å²) in [4.78, 5) is 5.26. The summed E-state index contributed by atoms with van der Waals surface area (Å²) in [6, 6.07) is 37.3. The first kappa shape index (κ1) is 24.7. The molecular formula is C34H36N2O2. The first-order chi connectivity index (χ1) is 18.7. The molecule has 4 heteroatoms. The number of aromatic hydroxyl groups is 2. The van der Waals surface area contributed by atoms with Crippen LogP contribution < -0.4 is 0 Å². The maximum absolute atomic E-state index is 11.2. The Morgan fingerprint density at radius 1 is 0.500 bits per heavy atom. The zero-order valence-electron chi connectivity index (χ0n) is 21.7. The molecule has 4 nitrogen and oxygen atoms in total. The van der Waals surface area contributed by atoms with E-state index in [0.717, 1.165) is 37.1 Å². The van der Waals surface area contributed by atoms with Crippen LogP contribution in [0.2, 0.25) is 0 Å². The molecular weight excluding hydrogens is 468 g/mol. The topological polar surface area (TPSA) is 46.9 Å². The van der Waals surface area contributed by atoms with Crippen LogP contribution in [0.25, 0.3) is 0 Å². The molecule has 0 radical (unpaired) electrons. The van der Waals surface area contributed by atoms with Crippen LogP contribution in [0, 0.1) is 0 Å². The predicted molar refractivity (Wildman–Crippen MR) is 152 cm³/mol. The van der Waals surface area contributed by atoms with Crippen molar-refractivity contribution < 1.29 is 10.2 Å². The Morgan fingerprint density at radius 2 is 0.868 bits per heavy atom. The minimum atomic E-state index is -0.132. The zero-order chi connectivity index (χ0) is 25.9. The smallest absolute Gasteiger partial charge is 0.120 e. The van der Waals surface area contributed by atoms with Gasteiger partial charge >= 0.3 is 0 Å². The molecule has 194 valence electrons. The van der Waals surface area contributed by atoms with Crippen LogP contribution in [-0.4, -0.2) is 32.1 Å².